The van der Waals surface area contributed by atoms with Crippen LogP contribution in [0, 0.1) is 0 Å². The molecule has 0 spiro atoms. The van der Waals surface area contributed by atoms with Gasteiger partial charge in [-0.15, -0.1) is 11.8 Å². The number of hydrogen-bond donors (Lipinski definition) is 19. The predicted octanol–water partition coefficient (Wildman–Crippen LogP) is -2.49. The Morgan fingerprint density at radius 3 is 1.70 bits per heavy atom. The first-order valence-corrected chi connectivity index (χ1v) is 45.0. The fraction of sp³-hybridized carbons (Fsp3) is 0.523. The number of rotatable bonds is 24. The number of aliphatic carboxylic acids is 1. The number of carboxylic acid groups (broad SMARTS) is 1. The zero-order valence-electron chi connectivity index (χ0n) is 74.3. The summed E-state index contributed by atoms with van der Waals surface area (Å²) in [6, 6.07) is -2.29. The molecule has 3 aliphatic rings. The predicted molar refractivity (Wildman–Crippen MR) is 478 cm³/mol. The summed E-state index contributed by atoms with van der Waals surface area (Å²) in [4.78, 5) is 266. The van der Waals surface area contributed by atoms with Gasteiger partial charge in [-0.1, -0.05) is 88.1 Å². The van der Waals surface area contributed by atoms with Crippen LogP contribution in [0.2, 0.25) is 0 Å². The Bertz CT molecular complexity index is 5050. The van der Waals surface area contributed by atoms with Crippen LogP contribution >= 0.6 is 11.8 Å². The summed E-state index contributed by atoms with van der Waals surface area (Å²) in [6.45, 7) is 3.92. The second-order valence-corrected chi connectivity index (χ2v) is 34.3. The number of carboxylic acids is 1. The van der Waals surface area contributed by atoms with Crippen LogP contribution in [-0.4, -0.2) is 321 Å². The van der Waals surface area contributed by atoms with Crippen molar-refractivity contribution in [2.24, 2.45) is 11.5 Å². The van der Waals surface area contributed by atoms with Gasteiger partial charge >= 0.3 is 5.97 Å². The zero-order valence-corrected chi connectivity index (χ0v) is 75.2. The second kappa shape index (κ2) is 48.6. The van der Waals surface area contributed by atoms with Crippen molar-refractivity contribution >= 4 is 134 Å². The first kappa shape index (κ1) is 102. The third-order valence-electron chi connectivity index (χ3n) is 23.7. The van der Waals surface area contributed by atoms with Gasteiger partial charge in [-0.3, -0.25) is 81.5 Å². The first-order chi connectivity index (χ1) is 62.5. The number of amides is 16. The summed E-state index contributed by atoms with van der Waals surface area (Å²) in [5, 5.41) is 70.4. The minimum Gasteiger partial charge on any atom is -0.508 e. The van der Waals surface area contributed by atoms with E-state index in [1.807, 2.05) is 13.8 Å². The van der Waals surface area contributed by atoms with Crippen molar-refractivity contribution in [3.63, 3.8) is 0 Å². The Hall–Kier alpha value is -13.0. The number of carbonyl (C=O) groups excluding carboxylic acids is 16. The number of aromatic hydroxyl groups is 1. The molecule has 3 saturated heterocycles. The summed E-state index contributed by atoms with van der Waals surface area (Å²) in [5.41, 5.74) is 14.2. The molecular formula is C88H121N21O21S. The van der Waals surface area contributed by atoms with Gasteiger partial charge in [0.2, 0.25) is 94.5 Å². The van der Waals surface area contributed by atoms with Gasteiger partial charge in [0, 0.05) is 112 Å². The van der Waals surface area contributed by atoms with Gasteiger partial charge in [0.1, 0.15) is 90.3 Å². The lowest BCUT2D eigenvalue weighted by Gasteiger charge is -2.36. The number of phenolic OH excluding ortho intramolecular Hbond substituents is 1. The van der Waals surface area contributed by atoms with Crippen molar-refractivity contribution in [3.05, 3.63) is 120 Å². The molecule has 3 aromatic carbocycles. The van der Waals surface area contributed by atoms with Crippen LogP contribution in [-0.2, 0) is 107 Å². The number of aliphatic hydroxyl groups excluding tert-OH is 2. The van der Waals surface area contributed by atoms with Crippen LogP contribution in [0.5, 0.6) is 5.75 Å². The number of aliphatic hydroxyl groups is 2. The number of unbranched alkanes of at least 4 members (excludes halogenated alkanes) is 3. The highest BCUT2D eigenvalue weighted by Gasteiger charge is 2.47. The maximum Gasteiger partial charge on any atom is 0.305 e. The molecular weight excluding hydrogens is 1720 g/mol. The number of hydrogen-bond acceptors (Lipinski definition) is 23. The third kappa shape index (κ3) is 27.8. The average Bonchev–Trinajstić information content (AvgIpc) is 1.59. The zero-order chi connectivity index (χ0) is 95.4. The van der Waals surface area contributed by atoms with Gasteiger partial charge in [0.05, 0.1) is 43.5 Å². The fourth-order valence-electron chi connectivity index (χ4n) is 16.1. The number of thioether (sulfide) groups is 1. The molecule has 0 aliphatic carbocycles. The van der Waals surface area contributed by atoms with Crippen LogP contribution in [0.4, 0.5) is 0 Å². The Labute approximate surface area is 760 Å². The molecule has 0 bridgehead atoms. The van der Waals surface area contributed by atoms with E-state index in [4.69, 9.17) is 11.5 Å². The van der Waals surface area contributed by atoms with E-state index in [0.29, 0.717) is 70.6 Å². The molecule has 3 fully saturated rings. The number of nitrogens with one attached hydrogen (secondary N) is 13. The van der Waals surface area contributed by atoms with E-state index in [2.05, 4.69) is 73.1 Å². The number of aromatic amines is 3. The van der Waals surface area contributed by atoms with E-state index in [1.54, 1.807) is 60.9 Å². The lowest BCUT2D eigenvalue weighted by molar-refractivity contribution is -0.149. The third-order valence-corrected chi connectivity index (χ3v) is 24.7. The number of H-pyrrole nitrogens is 3. The summed E-state index contributed by atoms with van der Waals surface area (Å²) in [7, 11) is 3.89. The number of nitrogens with two attached hydrogens (primary N) is 2. The number of benzene rings is 3. The molecule has 6 aromatic rings. The fourth-order valence-corrected chi connectivity index (χ4v) is 17.0. The largest absolute Gasteiger partial charge is 0.508 e. The molecule has 43 heteroatoms. The number of phenols is 1. The molecule has 0 saturated carbocycles. The van der Waals surface area contributed by atoms with Crippen molar-refractivity contribution < 1.29 is 102 Å². The lowest BCUT2D eigenvalue weighted by atomic mass is 10.00. The number of aromatic nitrogens is 4. The second-order valence-electron chi connectivity index (χ2n) is 33.2. The number of nitrogens with zero attached hydrogens (tertiary/aromatic N) is 6. The van der Waals surface area contributed by atoms with Gasteiger partial charge in [-0.05, 0) is 106 Å². The summed E-state index contributed by atoms with van der Waals surface area (Å²) < 4.78 is 0. The average molecular weight is 1840 g/mol. The Kier molecular flexibility index (Phi) is 37.7. The smallest absolute Gasteiger partial charge is 0.305 e. The van der Waals surface area contributed by atoms with E-state index in [1.165, 1.54) is 71.8 Å². The number of likely N-dealkylation sites (N-methyl/N-ethyl adjacent to an activating group) is 3. The molecule has 9 rings (SSSR count). The first-order valence-electron chi connectivity index (χ1n) is 43.9. The minimum atomic E-state index is -1.90. The normalized spacial score (nSPS) is 25.2. The highest BCUT2D eigenvalue weighted by molar-refractivity contribution is 8.00. The molecule has 21 N–H and O–H groups in total. The maximum absolute atomic E-state index is 15.6. The molecule has 710 valence electrons. The molecule has 16 amide bonds. The minimum absolute atomic E-state index is 0.0131. The number of para-hydroxylation sites is 2. The van der Waals surface area contributed by atoms with Crippen molar-refractivity contribution in [1.29, 1.82) is 0 Å². The summed E-state index contributed by atoms with van der Waals surface area (Å²) in [6.07, 6.45) is 4.19. The van der Waals surface area contributed by atoms with Crippen molar-refractivity contribution in [3.8, 4) is 5.75 Å². The van der Waals surface area contributed by atoms with Gasteiger partial charge < -0.3 is 125 Å². The topological polar surface area (TPSA) is 620 Å². The van der Waals surface area contributed by atoms with Crippen LogP contribution in [0.25, 0.3) is 21.8 Å². The highest BCUT2D eigenvalue weighted by Crippen LogP contribution is 2.28. The summed E-state index contributed by atoms with van der Waals surface area (Å²) >= 11 is 0.771. The number of carbonyl (C=O) groups is 17. The number of primary amides is 1. The molecule has 3 aromatic heterocycles. The van der Waals surface area contributed by atoms with Crippen molar-refractivity contribution in [1.82, 2.24) is 97.6 Å². The van der Waals surface area contributed by atoms with E-state index in [0.717, 1.165) is 36.3 Å². The molecule has 6 heterocycles. The van der Waals surface area contributed by atoms with E-state index < -0.39 is 235 Å². The number of imidazole rings is 1. The Balaban J connectivity index is 1.08. The molecule has 42 nitrogen and oxygen atoms in total. The quantitative estimate of drug-likeness (QED) is 0.0279. The molecule has 3 aliphatic heterocycles. The molecule has 15 atom stereocenters. The van der Waals surface area contributed by atoms with E-state index >= 15 is 33.6 Å². The Morgan fingerprint density at radius 1 is 0.550 bits per heavy atom. The summed E-state index contributed by atoms with van der Waals surface area (Å²) in [5.74, 6) is -17.8. The van der Waals surface area contributed by atoms with Gasteiger partial charge in [-0.2, -0.15) is 0 Å². The molecule has 0 unspecified atom stereocenters. The molecule has 0 radical (unpaired) electrons. The van der Waals surface area contributed by atoms with Gasteiger partial charge in [0.25, 0.3) is 0 Å². The van der Waals surface area contributed by atoms with Gasteiger partial charge in [-0.25, -0.2) is 4.98 Å². The standard InChI is InChI=1S/C88H121N21O21S/c1-8-10-24-68-81(123)96-48(3)75(117)104-67(77(119)94-42-72(90)113)45-131-46-73(114)97-63(33-50-27-29-54(111)30-28-50)84(126)105(5)49(4)76(118)101-65(38-74(115)116)87(129)108-32-18-26-69(108)82(124)100-62(36-53-41-91-47-95-53)79(121)98-60(23-16-17-31-89)86(128)109-43-55(112)37-71(109)83(125)99-61(34-51-39-92-58-21-14-12-19-56(51)58)78(120)103-66(44-110)80(122)102-64(35-52-40-93-59-22-15-13-20-57(52)59)85(127)107(7)70(25-11-9-2)88(130)106(68)6/h12-15,19-22,27-30,39-41,47-49,55,60-71,92-93,110-112H,8-11,16-18,23-26,31-38,42-46,89H2,1-7H3,(H2,90,113)(H,91,95)(H,94,119)(H,96,123)(H,97,114)(H,98,121)(H,99,125)(H,100,124)(H,101,118)(H,102,122)(H,103,120)(H,104,117)(H,115,116)/t48-,49-,55+,60-,61-,62-,63-,64-,65-,66-,67-,68-,69-,70-,71-/m0/s1. The van der Waals surface area contributed by atoms with E-state index in [9.17, 15) is 68.4 Å². The Morgan fingerprint density at radius 2 is 1.10 bits per heavy atom. The highest BCUT2D eigenvalue weighted by atomic mass is 32.2. The number of fused-ring (bicyclic) bond motifs is 4. The maximum atomic E-state index is 15.6. The van der Waals surface area contributed by atoms with Crippen molar-refractivity contribution in [2.45, 2.75) is 228 Å². The SMILES string of the molecule is CCCC[C@H]1C(=O)N(C)[C@@H](CCCC)C(=O)N[C@@H](C)C(=O)N[C@H](C(=O)NCC(N)=O)CSCC(=O)N[C@@H](Cc2ccc(O)cc2)C(=O)N(C)[C@@H](C)C(=O)N[C@@H](CC(=O)O)C(=O)N2CCC[C@H]2C(=O)N[C@@H](Cc2c[nH]cn2)C(=O)N[C@@H](CCCCN)C(=O)N2C[C@H](O)C[C@H]2C(=O)N[C@@H](Cc2c[nH]c3ccccc23)C(=O)N[C@@H](CO)C(=O)N[C@@H](Cc2c[nH]c3ccccc23)C(=O)N1C. The van der Waals surface area contributed by atoms with Crippen LogP contribution in [0.15, 0.2) is 97.7 Å². The lowest BCUT2D eigenvalue weighted by Crippen LogP contribution is -2.61. The van der Waals surface area contributed by atoms with E-state index in [-0.39, 0.29) is 88.7 Å². The van der Waals surface area contributed by atoms with Crippen LogP contribution in [0.1, 0.15) is 134 Å². The molecule has 131 heavy (non-hydrogen) atoms. The van der Waals surface area contributed by atoms with Crippen LogP contribution in [0.3, 0.4) is 0 Å². The van der Waals surface area contributed by atoms with Gasteiger partial charge in [0.15, 0.2) is 0 Å². The van der Waals surface area contributed by atoms with Crippen molar-refractivity contribution in [2.75, 3.05) is 65.4 Å². The monoisotopic (exact) mass is 1840 g/mol. The van der Waals surface area contributed by atoms with Crippen LogP contribution < -0.4 is 64.6 Å².